The van der Waals surface area contributed by atoms with Gasteiger partial charge >= 0.3 is 0 Å². The summed E-state index contributed by atoms with van der Waals surface area (Å²) < 4.78 is 0. The Kier molecular flexibility index (Phi) is 7.52. The number of hydrogen-bond donors (Lipinski definition) is 0. The van der Waals surface area contributed by atoms with Crippen molar-refractivity contribution in [2.75, 3.05) is 0 Å². The minimum Gasteiger partial charge on any atom is -0.150 e. The van der Waals surface area contributed by atoms with Gasteiger partial charge in [0.25, 0.3) is 0 Å². The molecule has 0 radical (unpaired) electrons. The maximum Gasteiger partial charge on any atom is 0.237 e. The number of unbranched alkanes of at least 4 members (excludes halogenated alkanes) is 3. The first-order valence-electron chi connectivity index (χ1n) is 3.55. The molecule has 0 atom stereocenters. The monoisotopic (exact) mass is 184 g/mol. The van der Waals surface area contributed by atoms with Gasteiger partial charge in [-0.3, -0.25) is 0 Å². The lowest BCUT2D eigenvalue weighted by molar-refractivity contribution is 0.701. The van der Waals surface area contributed by atoms with Crippen LogP contribution < -0.4 is 0 Å². The summed E-state index contributed by atoms with van der Waals surface area (Å²) >= 11 is 11.3. The van der Waals surface area contributed by atoms with E-state index in [-0.39, 0.29) is 0 Å². The van der Waals surface area contributed by atoms with Gasteiger partial charge in [0.2, 0.25) is 7.42 Å². The van der Waals surface area contributed by atoms with Crippen LogP contribution in [0.1, 0.15) is 32.6 Å². The van der Waals surface area contributed by atoms with Gasteiger partial charge in [-0.1, -0.05) is 32.6 Å². The summed E-state index contributed by atoms with van der Waals surface area (Å²) in [7, 11) is -1.27. The third-order valence-electron chi connectivity index (χ3n) is 1.28. The highest BCUT2D eigenvalue weighted by molar-refractivity contribution is 7.33. The van der Waals surface area contributed by atoms with Gasteiger partial charge in [-0.05, 0) is 6.04 Å². The van der Waals surface area contributed by atoms with Crippen molar-refractivity contribution in [3.8, 4) is 0 Å². The zero-order valence-electron chi connectivity index (χ0n) is 5.87. The minimum atomic E-state index is -1.27. The predicted octanol–water partition coefficient (Wildman–Crippen LogP) is 3.26. The largest absolute Gasteiger partial charge is 0.237 e. The third kappa shape index (κ3) is 8.80. The highest BCUT2D eigenvalue weighted by Crippen LogP contribution is 2.10. The van der Waals surface area contributed by atoms with Crippen molar-refractivity contribution in [2.24, 2.45) is 0 Å². The quantitative estimate of drug-likeness (QED) is 0.350. The predicted molar refractivity (Wildman–Crippen MR) is 47.8 cm³/mol. The van der Waals surface area contributed by atoms with Crippen molar-refractivity contribution in [3.63, 3.8) is 0 Å². The van der Waals surface area contributed by atoms with Crippen LogP contribution in [0.4, 0.5) is 0 Å². The molecule has 0 heterocycles. The highest BCUT2D eigenvalue weighted by Gasteiger charge is 1.99. The molecule has 0 spiro atoms. The van der Waals surface area contributed by atoms with E-state index in [9.17, 15) is 0 Å². The van der Waals surface area contributed by atoms with E-state index in [0.29, 0.717) is 0 Å². The molecule has 0 nitrogen and oxygen atoms in total. The molecule has 0 saturated carbocycles. The lowest BCUT2D eigenvalue weighted by Crippen LogP contribution is -1.90. The number of rotatable bonds is 5. The molecule has 0 amide bonds. The lowest BCUT2D eigenvalue weighted by atomic mass is 10.2. The summed E-state index contributed by atoms with van der Waals surface area (Å²) in [6.07, 6.45) is 5.16. The summed E-state index contributed by atoms with van der Waals surface area (Å²) in [4.78, 5) is 0. The van der Waals surface area contributed by atoms with Gasteiger partial charge in [0.05, 0.1) is 0 Å². The van der Waals surface area contributed by atoms with Gasteiger partial charge in [0.15, 0.2) is 0 Å². The Labute approximate surface area is 68.6 Å². The molecule has 0 aromatic carbocycles. The SMILES string of the molecule is CCCCCC[SiH](Cl)Cl. The molecule has 0 aliphatic carbocycles. The topological polar surface area (TPSA) is 0 Å². The molecule has 0 N–H and O–H groups in total. The van der Waals surface area contributed by atoms with E-state index in [1.807, 2.05) is 0 Å². The molecule has 9 heavy (non-hydrogen) atoms. The van der Waals surface area contributed by atoms with Crippen molar-refractivity contribution in [1.82, 2.24) is 0 Å². The standard InChI is InChI=1S/C6H14Cl2Si/c1-2-3-4-5-6-9(7)8/h9H,2-6H2,1H3. The summed E-state index contributed by atoms with van der Waals surface area (Å²) in [5.74, 6) is 0. The van der Waals surface area contributed by atoms with Gasteiger partial charge in [0.1, 0.15) is 0 Å². The molecule has 0 saturated heterocycles. The second-order valence-electron chi connectivity index (χ2n) is 2.24. The first kappa shape index (κ1) is 9.80. The van der Waals surface area contributed by atoms with Crippen LogP contribution >= 0.6 is 22.2 Å². The van der Waals surface area contributed by atoms with Crippen molar-refractivity contribution in [2.45, 2.75) is 38.7 Å². The van der Waals surface area contributed by atoms with Crippen LogP contribution in [-0.4, -0.2) is 7.42 Å². The van der Waals surface area contributed by atoms with Gasteiger partial charge < -0.3 is 0 Å². The van der Waals surface area contributed by atoms with Gasteiger partial charge in [0, 0.05) is 0 Å². The average molecular weight is 185 g/mol. The van der Waals surface area contributed by atoms with Gasteiger partial charge in [-0.15, -0.1) is 0 Å². The van der Waals surface area contributed by atoms with E-state index in [2.05, 4.69) is 6.92 Å². The van der Waals surface area contributed by atoms with Crippen molar-refractivity contribution in [1.29, 1.82) is 0 Å². The fraction of sp³-hybridized carbons (Fsp3) is 1.00. The summed E-state index contributed by atoms with van der Waals surface area (Å²) in [6, 6.07) is 1.09. The Balaban J connectivity index is 2.75. The Morgan fingerprint density at radius 1 is 1.11 bits per heavy atom. The molecule has 0 rings (SSSR count). The van der Waals surface area contributed by atoms with Gasteiger partial charge in [-0.25, -0.2) is 0 Å². The molecule has 0 fully saturated rings. The van der Waals surface area contributed by atoms with Crippen molar-refractivity contribution < 1.29 is 0 Å². The van der Waals surface area contributed by atoms with Crippen LogP contribution in [0.2, 0.25) is 6.04 Å². The Morgan fingerprint density at radius 2 is 1.78 bits per heavy atom. The van der Waals surface area contributed by atoms with E-state index >= 15 is 0 Å². The average Bonchev–Trinajstić information content (AvgIpc) is 1.80. The lowest BCUT2D eigenvalue weighted by Gasteiger charge is -1.96. The van der Waals surface area contributed by atoms with Crippen molar-refractivity contribution in [3.05, 3.63) is 0 Å². The maximum absolute atomic E-state index is 5.66. The van der Waals surface area contributed by atoms with Crippen LogP contribution in [0.25, 0.3) is 0 Å². The summed E-state index contributed by atoms with van der Waals surface area (Å²) in [5.41, 5.74) is 0. The maximum atomic E-state index is 5.66. The molecule has 0 aliphatic heterocycles. The first-order valence-corrected chi connectivity index (χ1v) is 7.86. The molecule has 0 aromatic heterocycles. The molecule has 0 unspecified atom stereocenters. The Hall–Kier alpha value is 0.797. The third-order valence-corrected chi connectivity index (χ3v) is 3.43. The fourth-order valence-electron chi connectivity index (χ4n) is 0.725. The van der Waals surface area contributed by atoms with Crippen LogP contribution in [0.15, 0.2) is 0 Å². The van der Waals surface area contributed by atoms with Crippen LogP contribution in [0.5, 0.6) is 0 Å². The Bertz CT molecular complexity index is 57.0. The smallest absolute Gasteiger partial charge is 0.150 e. The van der Waals surface area contributed by atoms with E-state index in [0.717, 1.165) is 6.04 Å². The highest BCUT2D eigenvalue weighted by atomic mass is 35.7. The number of halogens is 2. The zero-order valence-corrected chi connectivity index (χ0v) is 8.54. The fourth-order valence-corrected chi connectivity index (χ4v) is 2.25. The number of hydrogen-bond acceptors (Lipinski definition) is 0. The molecular weight excluding hydrogens is 171 g/mol. The zero-order chi connectivity index (χ0) is 7.11. The summed E-state index contributed by atoms with van der Waals surface area (Å²) in [6.45, 7) is 2.20. The normalized spacial score (nSPS) is 10.7. The van der Waals surface area contributed by atoms with Crippen LogP contribution in [0.3, 0.4) is 0 Å². The Morgan fingerprint density at radius 3 is 2.22 bits per heavy atom. The van der Waals surface area contributed by atoms with E-state index in [1.54, 1.807) is 0 Å². The van der Waals surface area contributed by atoms with Gasteiger partial charge in [-0.2, -0.15) is 22.2 Å². The van der Waals surface area contributed by atoms with Crippen molar-refractivity contribution >= 4 is 29.6 Å². The summed E-state index contributed by atoms with van der Waals surface area (Å²) in [5, 5.41) is 0. The molecular formula is C6H14Cl2Si. The van der Waals surface area contributed by atoms with Crippen LogP contribution in [-0.2, 0) is 0 Å². The minimum absolute atomic E-state index is 1.09. The van der Waals surface area contributed by atoms with E-state index in [1.165, 1.54) is 25.7 Å². The molecule has 0 bridgehead atoms. The molecule has 0 aliphatic rings. The second kappa shape index (κ2) is 6.91. The molecule has 3 heteroatoms. The molecule has 56 valence electrons. The molecule has 0 aromatic rings. The van der Waals surface area contributed by atoms with Crippen LogP contribution in [0, 0.1) is 0 Å². The first-order chi connectivity index (χ1) is 4.27. The second-order valence-corrected chi connectivity index (χ2v) is 7.43. The van der Waals surface area contributed by atoms with E-state index < -0.39 is 7.42 Å². The van der Waals surface area contributed by atoms with E-state index in [4.69, 9.17) is 22.2 Å².